The van der Waals surface area contributed by atoms with Crippen LogP contribution < -0.4 is 0 Å². The number of alkyl halides is 1. The molecule has 2 nitrogen and oxygen atoms in total. The maximum absolute atomic E-state index is 12.5. The first-order chi connectivity index (χ1) is 8.63. The van der Waals surface area contributed by atoms with E-state index in [4.69, 9.17) is 11.6 Å². The molecule has 1 saturated carbocycles. The Morgan fingerprint density at radius 1 is 1.50 bits per heavy atom. The van der Waals surface area contributed by atoms with Crippen LogP contribution in [0.4, 0.5) is 0 Å². The molecule has 2 rings (SSSR count). The first-order valence-electron chi connectivity index (χ1n) is 6.26. The second-order valence-electron chi connectivity index (χ2n) is 4.76. The van der Waals surface area contributed by atoms with Gasteiger partial charge in [-0.25, -0.2) is 0 Å². The summed E-state index contributed by atoms with van der Waals surface area (Å²) in [7, 11) is 0. The average Bonchev–Trinajstić information content (AvgIpc) is 2.25. The van der Waals surface area contributed by atoms with Gasteiger partial charge >= 0.3 is 0 Å². The van der Waals surface area contributed by atoms with E-state index in [-0.39, 0.29) is 5.91 Å². The Labute approximate surface area is 121 Å². The van der Waals surface area contributed by atoms with E-state index in [1.807, 2.05) is 30.0 Å². The summed E-state index contributed by atoms with van der Waals surface area (Å²) in [4.78, 5) is 14.5. The first-order valence-corrected chi connectivity index (χ1v) is 7.76. The van der Waals surface area contributed by atoms with E-state index in [0.717, 1.165) is 30.3 Å². The van der Waals surface area contributed by atoms with Crippen molar-refractivity contribution < 1.29 is 4.79 Å². The Hall–Kier alpha value is -0.540. The predicted octanol–water partition coefficient (Wildman–Crippen LogP) is 4.04. The number of halogens is 2. The summed E-state index contributed by atoms with van der Waals surface area (Å²) in [5, 5.41) is 1.36. The third kappa shape index (κ3) is 2.89. The van der Waals surface area contributed by atoms with Crippen LogP contribution in [0.3, 0.4) is 0 Å². The van der Waals surface area contributed by atoms with Crippen molar-refractivity contribution in [1.82, 2.24) is 4.90 Å². The summed E-state index contributed by atoms with van der Waals surface area (Å²) >= 11 is 9.59. The minimum absolute atomic E-state index is 0.0594. The van der Waals surface area contributed by atoms with E-state index in [9.17, 15) is 4.79 Å². The van der Waals surface area contributed by atoms with Crippen molar-refractivity contribution in [3.8, 4) is 0 Å². The Morgan fingerprint density at radius 3 is 2.72 bits per heavy atom. The molecule has 0 N–H and O–H groups in total. The molecule has 18 heavy (non-hydrogen) atoms. The Balaban J connectivity index is 2.21. The van der Waals surface area contributed by atoms with Gasteiger partial charge in [-0.3, -0.25) is 4.79 Å². The van der Waals surface area contributed by atoms with Crippen LogP contribution in [0.1, 0.15) is 35.2 Å². The molecule has 0 heterocycles. The summed E-state index contributed by atoms with van der Waals surface area (Å²) in [5.41, 5.74) is 1.70. The van der Waals surface area contributed by atoms with Crippen molar-refractivity contribution in [1.29, 1.82) is 0 Å². The molecule has 1 fully saturated rings. The molecule has 0 unspecified atom stereocenters. The average molecular weight is 331 g/mol. The van der Waals surface area contributed by atoms with Gasteiger partial charge in [0.15, 0.2) is 0 Å². The Bertz CT molecular complexity index is 445. The zero-order valence-electron chi connectivity index (χ0n) is 10.5. The number of rotatable bonds is 4. The maximum atomic E-state index is 12.5. The van der Waals surface area contributed by atoms with Crippen molar-refractivity contribution in [2.24, 2.45) is 0 Å². The van der Waals surface area contributed by atoms with Crippen molar-refractivity contribution in [3.63, 3.8) is 0 Å². The monoisotopic (exact) mass is 329 g/mol. The molecule has 0 aromatic heterocycles. The fraction of sp³-hybridized carbons (Fsp3) is 0.500. The van der Waals surface area contributed by atoms with Gasteiger partial charge in [0.25, 0.3) is 5.91 Å². The normalized spacial score (nSPS) is 15.3. The summed E-state index contributed by atoms with van der Waals surface area (Å²) < 4.78 is 0. The smallest absolute Gasteiger partial charge is 0.255 e. The van der Waals surface area contributed by atoms with Gasteiger partial charge < -0.3 is 4.90 Å². The van der Waals surface area contributed by atoms with Gasteiger partial charge in [0, 0.05) is 17.9 Å². The van der Waals surface area contributed by atoms with Crippen molar-refractivity contribution in [2.45, 2.75) is 32.2 Å². The molecule has 1 aliphatic rings. The Morgan fingerprint density at radius 2 is 2.22 bits per heavy atom. The SMILES string of the molecule is Cc1ccc(C(=O)N(CCBr)C2CCC2)c(Cl)c1. The molecule has 0 spiro atoms. The van der Waals surface area contributed by atoms with Gasteiger partial charge in [-0.05, 0) is 43.9 Å². The van der Waals surface area contributed by atoms with E-state index in [1.165, 1.54) is 6.42 Å². The lowest BCUT2D eigenvalue weighted by Gasteiger charge is -2.37. The summed E-state index contributed by atoms with van der Waals surface area (Å²) in [6.07, 6.45) is 3.45. The number of carbonyl (C=O) groups is 1. The van der Waals surface area contributed by atoms with Gasteiger partial charge in [0.05, 0.1) is 10.6 Å². The van der Waals surface area contributed by atoms with E-state index < -0.39 is 0 Å². The van der Waals surface area contributed by atoms with Crippen LogP contribution in [0, 0.1) is 6.92 Å². The highest BCUT2D eigenvalue weighted by Gasteiger charge is 2.29. The number of aryl methyl sites for hydroxylation is 1. The first kappa shape index (κ1) is 13.9. The lowest BCUT2D eigenvalue weighted by atomic mass is 9.91. The summed E-state index contributed by atoms with van der Waals surface area (Å²) in [6.45, 7) is 2.72. The number of benzene rings is 1. The van der Waals surface area contributed by atoms with Gasteiger partial charge in [-0.1, -0.05) is 33.6 Å². The summed E-state index contributed by atoms with van der Waals surface area (Å²) in [6, 6.07) is 6.01. The second-order valence-corrected chi connectivity index (χ2v) is 5.96. The van der Waals surface area contributed by atoms with Crippen LogP contribution in [-0.2, 0) is 0 Å². The highest BCUT2D eigenvalue weighted by atomic mass is 79.9. The van der Waals surface area contributed by atoms with E-state index in [1.54, 1.807) is 0 Å². The van der Waals surface area contributed by atoms with E-state index >= 15 is 0 Å². The molecule has 0 bridgehead atoms. The molecule has 1 aliphatic carbocycles. The highest BCUT2D eigenvalue weighted by Crippen LogP contribution is 2.28. The second kappa shape index (κ2) is 6.07. The van der Waals surface area contributed by atoms with Gasteiger partial charge in [0.1, 0.15) is 0 Å². The van der Waals surface area contributed by atoms with Gasteiger partial charge in [-0.2, -0.15) is 0 Å². The molecule has 0 radical (unpaired) electrons. The molecule has 1 aromatic rings. The largest absolute Gasteiger partial charge is 0.335 e. The third-order valence-corrected chi connectivity index (χ3v) is 4.12. The fourth-order valence-electron chi connectivity index (χ4n) is 2.19. The number of nitrogens with zero attached hydrogens (tertiary/aromatic N) is 1. The third-order valence-electron chi connectivity index (χ3n) is 3.46. The number of carbonyl (C=O) groups excluding carboxylic acids is 1. The standard InChI is InChI=1S/C14H17BrClNO/c1-10-5-6-12(13(16)9-10)14(18)17(8-7-15)11-3-2-4-11/h5-6,9,11H,2-4,7-8H2,1H3. The fourth-order valence-corrected chi connectivity index (χ4v) is 2.89. The molecule has 0 atom stereocenters. The van der Waals surface area contributed by atoms with Crippen molar-refractivity contribution >= 4 is 33.4 Å². The van der Waals surface area contributed by atoms with Crippen LogP contribution in [0.2, 0.25) is 5.02 Å². The molecule has 1 aromatic carbocycles. The van der Waals surface area contributed by atoms with Gasteiger partial charge in [0.2, 0.25) is 0 Å². The number of hydrogen-bond donors (Lipinski definition) is 0. The molecular weight excluding hydrogens is 314 g/mol. The summed E-state index contributed by atoms with van der Waals surface area (Å²) in [5.74, 6) is 0.0594. The van der Waals surface area contributed by atoms with Crippen LogP contribution in [-0.4, -0.2) is 28.7 Å². The molecule has 0 saturated heterocycles. The topological polar surface area (TPSA) is 20.3 Å². The van der Waals surface area contributed by atoms with Crippen LogP contribution in [0.15, 0.2) is 18.2 Å². The lowest BCUT2D eigenvalue weighted by molar-refractivity contribution is 0.0600. The molecule has 0 aliphatic heterocycles. The van der Waals surface area contributed by atoms with Crippen LogP contribution in [0.5, 0.6) is 0 Å². The minimum atomic E-state index is 0.0594. The zero-order valence-corrected chi connectivity index (χ0v) is 12.8. The Kier molecular flexibility index (Phi) is 4.68. The van der Waals surface area contributed by atoms with Crippen molar-refractivity contribution in [3.05, 3.63) is 34.3 Å². The molecule has 4 heteroatoms. The van der Waals surface area contributed by atoms with Crippen molar-refractivity contribution in [2.75, 3.05) is 11.9 Å². The number of hydrogen-bond acceptors (Lipinski definition) is 1. The lowest BCUT2D eigenvalue weighted by Crippen LogP contribution is -2.45. The van der Waals surface area contributed by atoms with E-state index in [2.05, 4.69) is 15.9 Å². The zero-order chi connectivity index (χ0) is 13.1. The maximum Gasteiger partial charge on any atom is 0.255 e. The van der Waals surface area contributed by atoms with Crippen LogP contribution >= 0.6 is 27.5 Å². The molecule has 1 amide bonds. The quantitative estimate of drug-likeness (QED) is 0.763. The highest BCUT2D eigenvalue weighted by molar-refractivity contribution is 9.09. The molecular formula is C14H17BrClNO. The predicted molar refractivity (Wildman–Crippen MR) is 78.7 cm³/mol. The van der Waals surface area contributed by atoms with Crippen LogP contribution in [0.25, 0.3) is 0 Å². The molecule has 98 valence electrons. The van der Waals surface area contributed by atoms with E-state index in [0.29, 0.717) is 16.6 Å². The minimum Gasteiger partial charge on any atom is -0.335 e. The number of amides is 1. The van der Waals surface area contributed by atoms with Gasteiger partial charge in [-0.15, -0.1) is 0 Å².